The van der Waals surface area contributed by atoms with E-state index in [4.69, 9.17) is 5.10 Å². The predicted octanol–water partition coefficient (Wildman–Crippen LogP) is 5.31. The van der Waals surface area contributed by atoms with Crippen LogP contribution >= 0.6 is 0 Å². The number of amides is 3. The van der Waals surface area contributed by atoms with E-state index in [1.54, 1.807) is 42.6 Å². The fourth-order valence-electron chi connectivity index (χ4n) is 9.91. The molecule has 0 radical (unpaired) electrons. The van der Waals surface area contributed by atoms with Crippen LogP contribution in [0.2, 0.25) is 0 Å². The number of halogens is 1. The van der Waals surface area contributed by atoms with Crippen molar-refractivity contribution >= 4 is 40.3 Å². The molecule has 3 aromatic heterocycles. The van der Waals surface area contributed by atoms with Gasteiger partial charge in [-0.15, -0.1) is 0 Å². The zero-order valence-electron chi connectivity index (χ0n) is 34.6. The molecule has 0 bridgehead atoms. The Bertz CT molecular complexity index is 2490. The van der Waals surface area contributed by atoms with E-state index >= 15 is 4.39 Å². The topological polar surface area (TPSA) is 159 Å². The van der Waals surface area contributed by atoms with Gasteiger partial charge in [-0.25, -0.2) is 14.4 Å². The molecule has 3 saturated heterocycles. The molecule has 15 heteroatoms. The second kappa shape index (κ2) is 17.6. The highest BCUT2D eigenvalue weighted by Crippen LogP contribution is 2.34. The summed E-state index contributed by atoms with van der Waals surface area (Å²) < 4.78 is 18.4. The van der Waals surface area contributed by atoms with E-state index in [9.17, 15) is 19.2 Å². The van der Waals surface area contributed by atoms with Crippen LogP contribution in [0.5, 0.6) is 0 Å². The second-order valence-corrected chi connectivity index (χ2v) is 17.2. The Labute approximate surface area is 353 Å². The lowest BCUT2D eigenvalue weighted by atomic mass is 9.85. The normalized spacial score (nSPS) is 22.0. The van der Waals surface area contributed by atoms with Crippen LogP contribution in [0.4, 0.5) is 16.0 Å². The zero-order valence-corrected chi connectivity index (χ0v) is 34.6. The molecule has 14 nitrogen and oxygen atoms in total. The standard InChI is InChI=1S/C46H53FN10O4/c1-54-39-26-34(11-12-36(39)43(53-54)37-13-14-40(58)51-45(37)61)56-22-17-33(18-23-56)55-20-15-29(16-21-55)27-48-44(60)31-7-4-8-32(24-31)50-46-49-28-38(47)42(52-46)30-6-5-9-35(25-30)57-19-3-2-10-41(57)59/h2-3,5-6,9-12,19,25-26,28-29,31-33,37H,4,7-8,13-18,20-24,27H2,1H3,(H,48,60)(H,49,50,52)(H,51,58,61). The largest absolute Gasteiger partial charge is 0.371 e. The minimum absolute atomic E-state index is 0.0115. The van der Waals surface area contributed by atoms with Crippen LogP contribution in [0.3, 0.4) is 0 Å². The molecule has 5 aromatic rings. The lowest BCUT2D eigenvalue weighted by Crippen LogP contribution is -2.49. The Balaban J connectivity index is 0.727. The van der Waals surface area contributed by atoms with Gasteiger partial charge in [0, 0.05) is 85.7 Å². The minimum Gasteiger partial charge on any atom is -0.371 e. The first-order valence-electron chi connectivity index (χ1n) is 21.8. The summed E-state index contributed by atoms with van der Waals surface area (Å²) in [5.41, 5.74) is 4.01. The smallest absolute Gasteiger partial charge is 0.255 e. The lowest BCUT2D eigenvalue weighted by Gasteiger charge is -2.42. The fraction of sp³-hybridized carbons (Fsp3) is 0.457. The van der Waals surface area contributed by atoms with Gasteiger partial charge in [-0.05, 0) is 107 Å². The predicted molar refractivity (Wildman–Crippen MR) is 231 cm³/mol. The van der Waals surface area contributed by atoms with Gasteiger partial charge in [0.2, 0.25) is 23.7 Å². The average Bonchev–Trinajstić information content (AvgIpc) is 3.61. The van der Waals surface area contributed by atoms with Gasteiger partial charge >= 0.3 is 0 Å². The summed E-state index contributed by atoms with van der Waals surface area (Å²) in [4.78, 5) is 64.0. The summed E-state index contributed by atoms with van der Waals surface area (Å²) in [6.07, 6.45) is 11.2. The SMILES string of the molecule is Cn1nc(C2CCC(=O)NC2=O)c2ccc(N3CCC(N4CCC(CNC(=O)C5CCCC(Nc6ncc(F)c(-c7cccc(-n8ccccc8=O)c7)n6)C5)CC4)CC3)cc21. The number of rotatable bonds is 10. The van der Waals surface area contributed by atoms with Crippen molar-refractivity contribution in [2.75, 3.05) is 42.9 Å². The molecule has 9 rings (SSSR count). The van der Waals surface area contributed by atoms with Crippen LogP contribution in [0.25, 0.3) is 27.8 Å². The Morgan fingerprint density at radius 3 is 2.54 bits per heavy atom. The number of carbonyl (C=O) groups is 3. The van der Waals surface area contributed by atoms with E-state index in [0.29, 0.717) is 55.0 Å². The third-order valence-corrected chi connectivity index (χ3v) is 13.3. The monoisotopic (exact) mass is 828 g/mol. The van der Waals surface area contributed by atoms with E-state index in [1.807, 2.05) is 11.7 Å². The summed E-state index contributed by atoms with van der Waals surface area (Å²) in [6.45, 7) is 4.72. The Morgan fingerprint density at radius 1 is 0.902 bits per heavy atom. The highest BCUT2D eigenvalue weighted by Gasteiger charge is 2.33. The zero-order chi connectivity index (χ0) is 42.0. The fourth-order valence-corrected chi connectivity index (χ4v) is 9.91. The maximum Gasteiger partial charge on any atom is 0.255 e. The molecule has 1 saturated carbocycles. The summed E-state index contributed by atoms with van der Waals surface area (Å²) in [7, 11) is 1.91. The Morgan fingerprint density at radius 2 is 1.74 bits per heavy atom. The van der Waals surface area contributed by atoms with Crippen molar-refractivity contribution in [3.05, 3.63) is 94.9 Å². The number of pyridine rings is 1. The molecule has 3 aliphatic heterocycles. The summed E-state index contributed by atoms with van der Waals surface area (Å²) in [6, 6.07) is 18.9. The van der Waals surface area contributed by atoms with Crippen molar-refractivity contribution in [2.45, 2.75) is 82.2 Å². The van der Waals surface area contributed by atoms with Gasteiger partial charge in [-0.3, -0.25) is 33.7 Å². The van der Waals surface area contributed by atoms with Crippen molar-refractivity contribution in [3.8, 4) is 16.9 Å². The number of hydrogen-bond acceptors (Lipinski definition) is 10. The molecule has 2 aromatic carbocycles. The van der Waals surface area contributed by atoms with Crippen molar-refractivity contribution < 1.29 is 18.8 Å². The summed E-state index contributed by atoms with van der Waals surface area (Å²) >= 11 is 0. The van der Waals surface area contributed by atoms with Crippen molar-refractivity contribution in [1.29, 1.82) is 0 Å². The molecule has 6 heterocycles. The van der Waals surface area contributed by atoms with Crippen molar-refractivity contribution in [3.63, 3.8) is 0 Å². The molecule has 4 fully saturated rings. The number of hydrogen-bond donors (Lipinski definition) is 3. The highest BCUT2D eigenvalue weighted by molar-refractivity contribution is 6.02. The van der Waals surface area contributed by atoms with Crippen LogP contribution in [0.1, 0.15) is 75.8 Å². The molecule has 3 N–H and O–H groups in total. The molecule has 318 valence electrons. The number of aromatic nitrogens is 5. The maximum absolute atomic E-state index is 15.1. The van der Waals surface area contributed by atoms with Gasteiger partial charge in [0.05, 0.1) is 23.3 Å². The van der Waals surface area contributed by atoms with Crippen LogP contribution in [-0.4, -0.2) is 91.7 Å². The number of fused-ring (bicyclic) bond motifs is 1. The quantitative estimate of drug-likeness (QED) is 0.158. The van der Waals surface area contributed by atoms with Gasteiger partial charge in [0.1, 0.15) is 5.69 Å². The lowest BCUT2D eigenvalue weighted by molar-refractivity contribution is -0.134. The molecule has 61 heavy (non-hydrogen) atoms. The van der Waals surface area contributed by atoms with Crippen LogP contribution in [0.15, 0.2) is 77.9 Å². The van der Waals surface area contributed by atoms with Crippen molar-refractivity contribution in [1.82, 2.24) is 39.8 Å². The van der Waals surface area contributed by atoms with Gasteiger partial charge in [0.15, 0.2) is 5.82 Å². The van der Waals surface area contributed by atoms with E-state index in [-0.39, 0.29) is 40.9 Å². The third-order valence-electron chi connectivity index (χ3n) is 13.3. The first kappa shape index (κ1) is 40.4. The van der Waals surface area contributed by atoms with Gasteiger partial charge in [-0.2, -0.15) is 5.10 Å². The van der Waals surface area contributed by atoms with Crippen LogP contribution in [-0.2, 0) is 21.4 Å². The summed E-state index contributed by atoms with van der Waals surface area (Å²) in [5, 5.41) is 14.8. The number of carbonyl (C=O) groups excluding carboxylic acids is 3. The van der Waals surface area contributed by atoms with E-state index in [1.165, 1.54) is 16.8 Å². The number of piperidine rings is 3. The van der Waals surface area contributed by atoms with Gasteiger partial charge in [0.25, 0.3) is 5.56 Å². The molecule has 3 unspecified atom stereocenters. The molecular formula is C46H53FN10O4. The summed E-state index contributed by atoms with van der Waals surface area (Å²) in [5.74, 6) is -0.683. The number of likely N-dealkylation sites (tertiary alicyclic amines) is 1. The number of imide groups is 1. The second-order valence-electron chi connectivity index (χ2n) is 17.2. The van der Waals surface area contributed by atoms with Crippen LogP contribution < -0.4 is 26.4 Å². The molecule has 3 atom stereocenters. The maximum atomic E-state index is 15.1. The van der Waals surface area contributed by atoms with E-state index < -0.39 is 11.7 Å². The number of benzene rings is 2. The van der Waals surface area contributed by atoms with E-state index in [0.717, 1.165) is 93.4 Å². The van der Waals surface area contributed by atoms with E-state index in [2.05, 4.69) is 53.9 Å². The molecule has 0 spiro atoms. The molecule has 4 aliphatic rings. The molecular weight excluding hydrogens is 776 g/mol. The number of anilines is 2. The molecule has 1 aliphatic carbocycles. The van der Waals surface area contributed by atoms with Crippen molar-refractivity contribution in [2.24, 2.45) is 18.9 Å². The Kier molecular flexibility index (Phi) is 11.6. The first-order valence-corrected chi connectivity index (χ1v) is 21.8. The third kappa shape index (κ3) is 8.79. The molecule has 3 amide bonds. The first-order chi connectivity index (χ1) is 29.7. The Hall–Kier alpha value is -5.96. The van der Waals surface area contributed by atoms with Gasteiger partial charge < -0.3 is 20.4 Å². The number of nitrogens with zero attached hydrogens (tertiary/aromatic N) is 7. The number of aryl methyl sites for hydroxylation is 1. The number of nitrogens with one attached hydrogen (secondary N) is 3. The minimum atomic E-state index is -0.555. The average molecular weight is 829 g/mol. The highest BCUT2D eigenvalue weighted by atomic mass is 19.1. The van der Waals surface area contributed by atoms with Crippen LogP contribution in [0, 0.1) is 17.7 Å². The van der Waals surface area contributed by atoms with Gasteiger partial charge in [-0.1, -0.05) is 24.6 Å².